The van der Waals surface area contributed by atoms with Crippen molar-refractivity contribution in [2.24, 2.45) is 0 Å². The van der Waals surface area contributed by atoms with Crippen LogP contribution in [0.4, 0.5) is 5.13 Å². The lowest BCUT2D eigenvalue weighted by molar-refractivity contribution is 0.102. The summed E-state index contributed by atoms with van der Waals surface area (Å²) in [6, 6.07) is 12.1. The Kier molecular flexibility index (Phi) is 5.74. The van der Waals surface area contributed by atoms with Crippen molar-refractivity contribution >= 4 is 34.1 Å². The number of amides is 1. The number of anilines is 1. The van der Waals surface area contributed by atoms with Crippen LogP contribution in [0.1, 0.15) is 38.2 Å². The van der Waals surface area contributed by atoms with Gasteiger partial charge in [0.25, 0.3) is 5.91 Å². The summed E-state index contributed by atoms with van der Waals surface area (Å²) in [5, 5.41) is 11.6. The van der Waals surface area contributed by atoms with Crippen molar-refractivity contribution in [3.63, 3.8) is 0 Å². The second-order valence-corrected chi connectivity index (χ2v) is 8.54. The third-order valence-corrected chi connectivity index (χ3v) is 6.27. The maximum Gasteiger partial charge on any atom is 0.257 e. The number of nitrogens with zero attached hydrogens (tertiary/aromatic N) is 2. The van der Waals surface area contributed by atoms with Crippen LogP contribution in [0.15, 0.2) is 40.7 Å². The van der Waals surface area contributed by atoms with E-state index in [-0.39, 0.29) is 5.91 Å². The molecule has 0 aliphatic rings. The number of carbonyl (C=O) groups excluding carboxylic acids is 1. The molecule has 1 heterocycles. The Morgan fingerprint density at radius 2 is 1.77 bits per heavy atom. The Morgan fingerprint density at radius 3 is 2.54 bits per heavy atom. The van der Waals surface area contributed by atoms with Crippen LogP contribution in [0.25, 0.3) is 0 Å². The number of hydrogen-bond acceptors (Lipinski definition) is 5. The van der Waals surface area contributed by atoms with E-state index in [1.54, 1.807) is 11.8 Å². The Balaban J connectivity index is 1.63. The molecule has 1 amide bonds. The van der Waals surface area contributed by atoms with Crippen molar-refractivity contribution in [2.75, 3.05) is 5.32 Å². The van der Waals surface area contributed by atoms with Gasteiger partial charge < -0.3 is 0 Å². The highest BCUT2D eigenvalue weighted by atomic mass is 32.2. The molecule has 0 radical (unpaired) electrons. The Morgan fingerprint density at radius 1 is 1.00 bits per heavy atom. The van der Waals surface area contributed by atoms with Crippen LogP contribution in [0, 0.1) is 27.7 Å². The molecule has 0 atom stereocenters. The summed E-state index contributed by atoms with van der Waals surface area (Å²) < 4.78 is 0.848. The summed E-state index contributed by atoms with van der Waals surface area (Å²) in [6.45, 7) is 8.24. The molecule has 6 heteroatoms. The molecule has 0 saturated carbocycles. The lowest BCUT2D eigenvalue weighted by Gasteiger charge is -2.05. The van der Waals surface area contributed by atoms with E-state index < -0.39 is 0 Å². The molecule has 0 aliphatic heterocycles. The summed E-state index contributed by atoms with van der Waals surface area (Å²) in [5.41, 5.74) is 6.72. The summed E-state index contributed by atoms with van der Waals surface area (Å²) in [4.78, 5) is 12.4. The monoisotopic (exact) mass is 383 g/mol. The van der Waals surface area contributed by atoms with E-state index >= 15 is 0 Å². The summed E-state index contributed by atoms with van der Waals surface area (Å²) in [6.07, 6.45) is 0. The normalized spacial score (nSPS) is 10.8. The second-order valence-electron chi connectivity index (χ2n) is 6.34. The van der Waals surface area contributed by atoms with Crippen molar-refractivity contribution in [3.05, 3.63) is 69.8 Å². The summed E-state index contributed by atoms with van der Waals surface area (Å²) in [7, 11) is 0. The second kappa shape index (κ2) is 8.01. The fraction of sp³-hybridized carbons (Fsp3) is 0.250. The molecule has 3 rings (SSSR count). The lowest BCUT2D eigenvalue weighted by Crippen LogP contribution is -2.12. The third-order valence-electron chi connectivity index (χ3n) is 4.25. The van der Waals surface area contributed by atoms with Crippen LogP contribution >= 0.6 is 23.1 Å². The standard InChI is InChI=1S/C20H21N3OS2/c1-12-5-6-14(3)17(9-12)11-25-20-23-22-19(26-20)21-18(24)16-8-7-13(2)15(4)10-16/h5-10H,11H2,1-4H3,(H,21,22,24). The van der Waals surface area contributed by atoms with Gasteiger partial charge in [0.05, 0.1) is 0 Å². The minimum absolute atomic E-state index is 0.157. The number of aryl methyl sites for hydroxylation is 4. The van der Waals surface area contributed by atoms with Crippen molar-refractivity contribution in [2.45, 2.75) is 37.8 Å². The summed E-state index contributed by atoms with van der Waals surface area (Å²) >= 11 is 3.04. The first-order chi connectivity index (χ1) is 12.4. The van der Waals surface area contributed by atoms with Crippen molar-refractivity contribution in [3.8, 4) is 0 Å². The SMILES string of the molecule is Cc1ccc(C)c(CSc2nnc(NC(=O)c3ccc(C)c(C)c3)s2)c1. The highest BCUT2D eigenvalue weighted by Gasteiger charge is 2.12. The number of benzene rings is 2. The third kappa shape index (κ3) is 4.51. The quantitative estimate of drug-likeness (QED) is 0.479. The zero-order chi connectivity index (χ0) is 18.7. The Bertz CT molecular complexity index is 950. The molecule has 1 aromatic heterocycles. The van der Waals surface area contributed by atoms with Crippen LogP contribution < -0.4 is 5.32 Å². The van der Waals surface area contributed by atoms with Gasteiger partial charge in [-0.3, -0.25) is 10.1 Å². The zero-order valence-electron chi connectivity index (χ0n) is 15.3. The highest BCUT2D eigenvalue weighted by Crippen LogP contribution is 2.29. The maximum absolute atomic E-state index is 12.4. The largest absolute Gasteiger partial charge is 0.296 e. The smallest absolute Gasteiger partial charge is 0.257 e. The molecule has 0 spiro atoms. The number of aromatic nitrogens is 2. The molecule has 0 unspecified atom stereocenters. The molecule has 3 aromatic rings. The average Bonchev–Trinajstić information content (AvgIpc) is 3.05. The average molecular weight is 384 g/mol. The van der Waals surface area contributed by atoms with Gasteiger partial charge in [-0.05, 0) is 62.1 Å². The predicted octanol–water partition coefficient (Wildman–Crippen LogP) is 5.32. The molecule has 2 aromatic carbocycles. The van der Waals surface area contributed by atoms with Crippen molar-refractivity contribution in [1.82, 2.24) is 10.2 Å². The predicted molar refractivity (Wildman–Crippen MR) is 109 cm³/mol. The van der Waals surface area contributed by atoms with E-state index in [4.69, 9.17) is 0 Å². The molecular weight excluding hydrogens is 362 g/mol. The van der Waals surface area contributed by atoms with Gasteiger partial charge in [-0.25, -0.2) is 0 Å². The molecular formula is C20H21N3OS2. The van der Waals surface area contributed by atoms with Gasteiger partial charge in [-0.15, -0.1) is 10.2 Å². The Hall–Kier alpha value is -2.18. The van der Waals surface area contributed by atoms with E-state index in [2.05, 4.69) is 47.6 Å². The van der Waals surface area contributed by atoms with E-state index in [9.17, 15) is 4.79 Å². The minimum atomic E-state index is -0.157. The topological polar surface area (TPSA) is 54.9 Å². The van der Waals surface area contributed by atoms with Crippen LogP contribution in [0.5, 0.6) is 0 Å². The first-order valence-electron chi connectivity index (χ1n) is 8.33. The van der Waals surface area contributed by atoms with E-state index in [0.717, 1.165) is 15.7 Å². The first kappa shape index (κ1) is 18.6. The van der Waals surface area contributed by atoms with Crippen LogP contribution in [0.2, 0.25) is 0 Å². The molecule has 1 N–H and O–H groups in total. The number of rotatable bonds is 5. The van der Waals surface area contributed by atoms with Gasteiger partial charge >= 0.3 is 0 Å². The van der Waals surface area contributed by atoms with E-state index in [0.29, 0.717) is 10.7 Å². The lowest BCUT2D eigenvalue weighted by atomic mass is 10.1. The highest BCUT2D eigenvalue weighted by molar-refractivity contribution is 8.00. The van der Waals surface area contributed by atoms with Gasteiger partial charge in [-0.1, -0.05) is 52.9 Å². The fourth-order valence-electron chi connectivity index (χ4n) is 2.47. The number of nitrogens with one attached hydrogen (secondary N) is 1. The Labute approximate surface area is 162 Å². The molecule has 26 heavy (non-hydrogen) atoms. The fourth-order valence-corrected chi connectivity index (χ4v) is 4.28. The van der Waals surface area contributed by atoms with Crippen molar-refractivity contribution < 1.29 is 4.79 Å². The van der Waals surface area contributed by atoms with E-state index in [1.807, 2.05) is 32.0 Å². The van der Waals surface area contributed by atoms with Gasteiger partial charge in [0, 0.05) is 11.3 Å². The van der Waals surface area contributed by atoms with Gasteiger partial charge in [0.1, 0.15) is 0 Å². The molecule has 0 aliphatic carbocycles. The number of thioether (sulfide) groups is 1. The maximum atomic E-state index is 12.4. The van der Waals surface area contributed by atoms with Crippen LogP contribution in [-0.4, -0.2) is 16.1 Å². The van der Waals surface area contributed by atoms with Crippen LogP contribution in [-0.2, 0) is 5.75 Å². The molecule has 0 saturated heterocycles. The molecule has 4 nitrogen and oxygen atoms in total. The number of carbonyl (C=O) groups is 1. The van der Waals surface area contributed by atoms with E-state index in [1.165, 1.54) is 33.6 Å². The van der Waals surface area contributed by atoms with Crippen LogP contribution in [0.3, 0.4) is 0 Å². The number of hydrogen-bond donors (Lipinski definition) is 1. The van der Waals surface area contributed by atoms with Gasteiger partial charge in [0.15, 0.2) is 4.34 Å². The summed E-state index contributed by atoms with van der Waals surface area (Å²) in [5.74, 6) is 0.683. The molecule has 134 valence electrons. The first-order valence-corrected chi connectivity index (χ1v) is 10.1. The van der Waals surface area contributed by atoms with Crippen molar-refractivity contribution in [1.29, 1.82) is 0 Å². The van der Waals surface area contributed by atoms with Gasteiger partial charge in [0.2, 0.25) is 5.13 Å². The van der Waals surface area contributed by atoms with Gasteiger partial charge in [-0.2, -0.15) is 0 Å². The molecule has 0 fully saturated rings. The zero-order valence-corrected chi connectivity index (χ0v) is 16.9. The minimum Gasteiger partial charge on any atom is -0.296 e. The molecule has 0 bridgehead atoms.